The van der Waals surface area contributed by atoms with Crippen molar-refractivity contribution in [1.29, 1.82) is 0 Å². The van der Waals surface area contributed by atoms with E-state index in [4.69, 9.17) is 17.4 Å². The van der Waals surface area contributed by atoms with Gasteiger partial charge in [0.05, 0.1) is 11.1 Å². The van der Waals surface area contributed by atoms with Crippen LogP contribution in [0.15, 0.2) is 59.3 Å². The molecule has 0 bridgehead atoms. The van der Waals surface area contributed by atoms with E-state index in [1.807, 2.05) is 42.6 Å². The van der Waals surface area contributed by atoms with Crippen molar-refractivity contribution in [2.45, 2.75) is 6.04 Å². The minimum Gasteiger partial charge on any atom is -0.271 e. The SMILES string of the molecule is NNC(c1cccc(Br)c1Cl)c1cccc2ccncc12. The van der Waals surface area contributed by atoms with Gasteiger partial charge in [0.15, 0.2) is 0 Å². The molecule has 3 rings (SSSR count). The molecule has 2 aromatic carbocycles. The fraction of sp³-hybridized carbons (Fsp3) is 0.0625. The molecule has 0 amide bonds. The van der Waals surface area contributed by atoms with Crippen LogP contribution in [0.25, 0.3) is 10.8 Å². The summed E-state index contributed by atoms with van der Waals surface area (Å²) >= 11 is 9.86. The van der Waals surface area contributed by atoms with E-state index in [9.17, 15) is 0 Å². The molecule has 0 aliphatic heterocycles. The molecule has 106 valence electrons. The average Bonchev–Trinajstić information content (AvgIpc) is 2.52. The van der Waals surface area contributed by atoms with Gasteiger partial charge < -0.3 is 0 Å². The van der Waals surface area contributed by atoms with Crippen LogP contribution < -0.4 is 11.3 Å². The Bertz CT molecular complexity index is 786. The van der Waals surface area contributed by atoms with E-state index in [1.54, 1.807) is 6.20 Å². The van der Waals surface area contributed by atoms with E-state index in [1.165, 1.54) is 0 Å². The molecule has 21 heavy (non-hydrogen) atoms. The Kier molecular flexibility index (Phi) is 4.22. The molecule has 0 saturated heterocycles. The van der Waals surface area contributed by atoms with Crippen molar-refractivity contribution in [2.24, 2.45) is 5.84 Å². The molecule has 0 aliphatic carbocycles. The molecule has 1 atom stereocenters. The van der Waals surface area contributed by atoms with E-state index >= 15 is 0 Å². The van der Waals surface area contributed by atoms with Crippen LogP contribution in [0.1, 0.15) is 17.2 Å². The lowest BCUT2D eigenvalue weighted by molar-refractivity contribution is 0.641. The molecule has 1 heterocycles. The van der Waals surface area contributed by atoms with Crippen molar-refractivity contribution < 1.29 is 0 Å². The number of rotatable bonds is 3. The van der Waals surface area contributed by atoms with Gasteiger partial charge in [-0.2, -0.15) is 0 Å². The smallest absolute Gasteiger partial charge is 0.0731 e. The Hall–Kier alpha value is -1.46. The Morgan fingerprint density at radius 2 is 1.86 bits per heavy atom. The largest absolute Gasteiger partial charge is 0.271 e. The van der Waals surface area contributed by atoms with Crippen molar-refractivity contribution in [3.63, 3.8) is 0 Å². The fourth-order valence-corrected chi connectivity index (χ4v) is 3.10. The molecule has 3 N–H and O–H groups in total. The van der Waals surface area contributed by atoms with Gasteiger partial charge in [-0.1, -0.05) is 41.9 Å². The summed E-state index contributed by atoms with van der Waals surface area (Å²) in [5.74, 6) is 5.80. The van der Waals surface area contributed by atoms with Crippen LogP contribution in [0.3, 0.4) is 0 Å². The minimum absolute atomic E-state index is 0.206. The number of hydrogen-bond acceptors (Lipinski definition) is 3. The average molecular weight is 363 g/mol. The highest BCUT2D eigenvalue weighted by atomic mass is 79.9. The standard InChI is InChI=1S/C16H13BrClN3/c17-14-6-2-5-12(15(14)18)16(21-19)11-4-1-3-10-7-8-20-9-13(10)11/h1-9,16,21H,19H2. The van der Waals surface area contributed by atoms with Gasteiger partial charge in [0.25, 0.3) is 0 Å². The zero-order valence-electron chi connectivity index (χ0n) is 11.1. The Labute approximate surface area is 136 Å². The van der Waals surface area contributed by atoms with Crippen LogP contribution >= 0.6 is 27.5 Å². The molecular weight excluding hydrogens is 350 g/mol. The topological polar surface area (TPSA) is 50.9 Å². The highest BCUT2D eigenvalue weighted by Crippen LogP contribution is 2.35. The molecule has 0 spiro atoms. The first-order chi connectivity index (χ1) is 10.2. The van der Waals surface area contributed by atoms with Crippen molar-refractivity contribution in [1.82, 2.24) is 10.4 Å². The lowest BCUT2D eigenvalue weighted by Gasteiger charge is -2.20. The molecule has 0 radical (unpaired) electrons. The van der Waals surface area contributed by atoms with Crippen LogP contribution in [-0.2, 0) is 0 Å². The number of hydrogen-bond donors (Lipinski definition) is 2. The van der Waals surface area contributed by atoms with E-state index < -0.39 is 0 Å². The first-order valence-electron chi connectivity index (χ1n) is 6.45. The zero-order valence-corrected chi connectivity index (χ0v) is 13.4. The highest BCUT2D eigenvalue weighted by Gasteiger charge is 2.19. The van der Waals surface area contributed by atoms with Gasteiger partial charge in [0, 0.05) is 22.3 Å². The Morgan fingerprint density at radius 3 is 2.67 bits per heavy atom. The fourth-order valence-electron chi connectivity index (χ4n) is 2.48. The normalized spacial score (nSPS) is 12.5. The predicted molar refractivity (Wildman–Crippen MR) is 90.1 cm³/mol. The number of pyridine rings is 1. The second-order valence-electron chi connectivity index (χ2n) is 4.69. The zero-order chi connectivity index (χ0) is 14.8. The van der Waals surface area contributed by atoms with E-state index in [2.05, 4.69) is 32.4 Å². The number of fused-ring (bicyclic) bond motifs is 1. The van der Waals surface area contributed by atoms with Crippen molar-refractivity contribution in [3.8, 4) is 0 Å². The van der Waals surface area contributed by atoms with Crippen LogP contribution in [0.4, 0.5) is 0 Å². The third kappa shape index (κ3) is 2.68. The summed E-state index contributed by atoms with van der Waals surface area (Å²) in [6.07, 6.45) is 3.63. The molecular formula is C16H13BrClN3. The summed E-state index contributed by atoms with van der Waals surface area (Å²) in [5, 5.41) is 2.83. The molecule has 0 aliphatic rings. The number of halogens is 2. The minimum atomic E-state index is -0.206. The molecule has 0 fully saturated rings. The predicted octanol–water partition coefficient (Wildman–Crippen LogP) is 4.20. The van der Waals surface area contributed by atoms with Crippen molar-refractivity contribution in [3.05, 3.63) is 75.5 Å². The Balaban J connectivity index is 2.21. The molecule has 0 saturated carbocycles. The second kappa shape index (κ2) is 6.12. The summed E-state index contributed by atoms with van der Waals surface area (Å²) in [6, 6.07) is 13.7. The number of aromatic nitrogens is 1. The summed E-state index contributed by atoms with van der Waals surface area (Å²) in [7, 11) is 0. The highest BCUT2D eigenvalue weighted by molar-refractivity contribution is 9.10. The monoisotopic (exact) mass is 361 g/mol. The van der Waals surface area contributed by atoms with E-state index in [0.29, 0.717) is 5.02 Å². The number of nitrogens with one attached hydrogen (secondary N) is 1. The number of nitrogens with two attached hydrogens (primary N) is 1. The van der Waals surface area contributed by atoms with Gasteiger partial charge in [0.2, 0.25) is 0 Å². The molecule has 1 unspecified atom stereocenters. The third-order valence-corrected chi connectivity index (χ3v) is 4.80. The van der Waals surface area contributed by atoms with Crippen molar-refractivity contribution in [2.75, 3.05) is 0 Å². The second-order valence-corrected chi connectivity index (χ2v) is 5.92. The molecule has 5 heteroatoms. The number of hydrazine groups is 1. The quantitative estimate of drug-likeness (QED) is 0.542. The van der Waals surface area contributed by atoms with Gasteiger partial charge in [-0.15, -0.1) is 0 Å². The molecule has 3 nitrogen and oxygen atoms in total. The van der Waals surface area contributed by atoms with Gasteiger partial charge in [-0.25, -0.2) is 5.43 Å². The Morgan fingerprint density at radius 1 is 1.10 bits per heavy atom. The maximum atomic E-state index is 6.41. The lowest BCUT2D eigenvalue weighted by atomic mass is 9.95. The summed E-state index contributed by atoms with van der Waals surface area (Å²) in [6.45, 7) is 0. The summed E-state index contributed by atoms with van der Waals surface area (Å²) in [5.41, 5.74) is 4.83. The molecule has 3 aromatic rings. The molecule has 1 aromatic heterocycles. The third-order valence-electron chi connectivity index (χ3n) is 3.49. The maximum Gasteiger partial charge on any atom is 0.0731 e. The van der Waals surface area contributed by atoms with Gasteiger partial charge in [-0.05, 0) is 44.6 Å². The number of nitrogens with zero attached hydrogens (tertiary/aromatic N) is 1. The first kappa shape index (κ1) is 14.5. The van der Waals surface area contributed by atoms with Crippen LogP contribution in [0.2, 0.25) is 5.02 Å². The van der Waals surface area contributed by atoms with Crippen LogP contribution in [0.5, 0.6) is 0 Å². The lowest BCUT2D eigenvalue weighted by Crippen LogP contribution is -2.29. The van der Waals surface area contributed by atoms with Crippen LogP contribution in [0, 0.1) is 0 Å². The van der Waals surface area contributed by atoms with Gasteiger partial charge in [-0.3, -0.25) is 10.8 Å². The van der Waals surface area contributed by atoms with Crippen molar-refractivity contribution >= 4 is 38.3 Å². The van der Waals surface area contributed by atoms with E-state index in [0.717, 1.165) is 26.4 Å². The van der Waals surface area contributed by atoms with Crippen LogP contribution in [-0.4, -0.2) is 4.98 Å². The first-order valence-corrected chi connectivity index (χ1v) is 7.62. The summed E-state index contributed by atoms with van der Waals surface area (Å²) in [4.78, 5) is 4.21. The summed E-state index contributed by atoms with van der Waals surface area (Å²) < 4.78 is 0.847. The number of benzene rings is 2. The van der Waals surface area contributed by atoms with E-state index in [-0.39, 0.29) is 6.04 Å². The van der Waals surface area contributed by atoms with Gasteiger partial charge >= 0.3 is 0 Å². The maximum absolute atomic E-state index is 6.41. The van der Waals surface area contributed by atoms with Gasteiger partial charge in [0.1, 0.15) is 0 Å².